The van der Waals surface area contributed by atoms with E-state index in [0.717, 1.165) is 25.7 Å². The van der Waals surface area contributed by atoms with E-state index in [1.54, 1.807) is 0 Å². The molecule has 0 radical (unpaired) electrons. The summed E-state index contributed by atoms with van der Waals surface area (Å²) < 4.78 is 38.6. The number of hydrogen-bond donors (Lipinski definition) is 2. The lowest BCUT2D eigenvalue weighted by Crippen LogP contribution is -3.14. The van der Waals surface area contributed by atoms with Crippen LogP contribution >= 0.6 is 0 Å². The van der Waals surface area contributed by atoms with Gasteiger partial charge in [0.1, 0.15) is 23.2 Å². The maximum absolute atomic E-state index is 12.0. The van der Waals surface area contributed by atoms with Crippen LogP contribution < -0.4 is 10.2 Å². The molecule has 0 saturated carbocycles. The van der Waals surface area contributed by atoms with Crippen molar-refractivity contribution in [2.24, 2.45) is 0 Å². The number of morpholine rings is 1. The molecule has 1 amide bonds. The van der Waals surface area contributed by atoms with Gasteiger partial charge in [-0.3, -0.25) is 4.79 Å². The van der Waals surface area contributed by atoms with Crippen molar-refractivity contribution >= 4 is 16.0 Å². The number of amides is 1. The molecule has 0 unspecified atom stereocenters. The highest BCUT2D eigenvalue weighted by Crippen LogP contribution is 2.14. The van der Waals surface area contributed by atoms with Crippen molar-refractivity contribution in [3.05, 3.63) is 29.8 Å². The molecule has 0 aromatic heterocycles. The molecule has 1 aromatic rings. The predicted octanol–water partition coefficient (Wildman–Crippen LogP) is -1.76. The second-order valence-corrected chi connectivity index (χ2v) is 6.17. The lowest BCUT2D eigenvalue weighted by molar-refractivity contribution is -0.906. The molecule has 116 valence electrons. The molecular formula is C13H18N2O5S. The molecule has 1 fully saturated rings. The van der Waals surface area contributed by atoms with Gasteiger partial charge in [-0.1, -0.05) is 12.1 Å². The zero-order valence-corrected chi connectivity index (χ0v) is 12.3. The fourth-order valence-electron chi connectivity index (χ4n) is 2.23. The van der Waals surface area contributed by atoms with Crippen molar-refractivity contribution in [2.45, 2.75) is 4.90 Å². The molecule has 0 aliphatic carbocycles. The Morgan fingerprint density at radius 2 is 1.95 bits per heavy atom. The van der Waals surface area contributed by atoms with Crippen LogP contribution in [0.1, 0.15) is 10.4 Å². The summed E-state index contributed by atoms with van der Waals surface area (Å²) in [5.74, 6) is -0.544. The van der Waals surface area contributed by atoms with Gasteiger partial charge in [0.2, 0.25) is 0 Å². The van der Waals surface area contributed by atoms with E-state index in [-0.39, 0.29) is 5.56 Å². The Balaban J connectivity index is 1.94. The molecule has 7 nitrogen and oxygen atoms in total. The Labute approximate surface area is 123 Å². The summed E-state index contributed by atoms with van der Waals surface area (Å²) in [4.78, 5) is 12.8. The van der Waals surface area contributed by atoms with Gasteiger partial charge in [0.05, 0.1) is 36.8 Å². The lowest BCUT2D eigenvalue weighted by atomic mass is 10.2. The van der Waals surface area contributed by atoms with Crippen LogP contribution in [-0.4, -0.2) is 58.3 Å². The first-order valence-corrected chi connectivity index (χ1v) is 8.14. The minimum absolute atomic E-state index is 0.107. The van der Waals surface area contributed by atoms with Crippen LogP contribution in [0.4, 0.5) is 0 Å². The Bertz CT molecular complexity index is 596. The largest absolute Gasteiger partial charge is 0.744 e. The number of ether oxygens (including phenoxy) is 1. The lowest BCUT2D eigenvalue weighted by Gasteiger charge is -2.23. The van der Waals surface area contributed by atoms with E-state index in [9.17, 15) is 17.8 Å². The van der Waals surface area contributed by atoms with E-state index >= 15 is 0 Å². The van der Waals surface area contributed by atoms with Gasteiger partial charge >= 0.3 is 0 Å². The van der Waals surface area contributed by atoms with E-state index in [0.29, 0.717) is 19.8 Å². The highest BCUT2D eigenvalue weighted by atomic mass is 32.2. The number of benzene rings is 1. The third kappa shape index (κ3) is 4.50. The van der Waals surface area contributed by atoms with Crippen molar-refractivity contribution in [1.82, 2.24) is 5.32 Å². The highest BCUT2D eigenvalue weighted by molar-refractivity contribution is 7.85. The van der Waals surface area contributed by atoms with E-state index in [2.05, 4.69) is 5.32 Å². The number of hydrogen-bond acceptors (Lipinski definition) is 5. The first kappa shape index (κ1) is 15.9. The van der Waals surface area contributed by atoms with Crippen LogP contribution in [0.5, 0.6) is 0 Å². The Morgan fingerprint density at radius 3 is 2.62 bits per heavy atom. The van der Waals surface area contributed by atoms with E-state index in [1.165, 1.54) is 23.1 Å². The number of carbonyl (C=O) groups excluding carboxylic acids is 1. The first-order chi connectivity index (χ1) is 9.98. The summed E-state index contributed by atoms with van der Waals surface area (Å²) in [6.07, 6.45) is 0. The normalized spacial score (nSPS) is 16.6. The highest BCUT2D eigenvalue weighted by Gasteiger charge is 2.17. The van der Waals surface area contributed by atoms with Crippen LogP contribution in [0.25, 0.3) is 0 Å². The Kier molecular flexibility index (Phi) is 5.29. The monoisotopic (exact) mass is 314 g/mol. The second kappa shape index (κ2) is 6.99. The fourth-order valence-corrected chi connectivity index (χ4v) is 2.91. The van der Waals surface area contributed by atoms with Gasteiger partial charge in [-0.05, 0) is 12.1 Å². The van der Waals surface area contributed by atoms with Crippen LogP contribution in [-0.2, 0) is 14.9 Å². The molecule has 8 heteroatoms. The number of quaternary nitrogens is 1. The second-order valence-electron chi connectivity index (χ2n) is 4.82. The maximum Gasteiger partial charge on any atom is 0.252 e. The van der Waals surface area contributed by atoms with Crippen molar-refractivity contribution in [2.75, 3.05) is 39.4 Å². The van der Waals surface area contributed by atoms with E-state index in [4.69, 9.17) is 4.74 Å². The molecule has 0 spiro atoms. The number of carbonyl (C=O) groups is 1. The summed E-state index contributed by atoms with van der Waals surface area (Å²) >= 11 is 0. The maximum atomic E-state index is 12.0. The molecule has 0 atom stereocenters. The third-order valence-electron chi connectivity index (χ3n) is 3.37. The van der Waals surface area contributed by atoms with Gasteiger partial charge < -0.3 is 19.5 Å². The smallest absolute Gasteiger partial charge is 0.252 e. The number of rotatable bonds is 5. The van der Waals surface area contributed by atoms with Crippen LogP contribution in [0.15, 0.2) is 29.2 Å². The minimum Gasteiger partial charge on any atom is -0.744 e. The van der Waals surface area contributed by atoms with Gasteiger partial charge in [0.25, 0.3) is 5.91 Å². The van der Waals surface area contributed by atoms with E-state index in [1.807, 2.05) is 0 Å². The van der Waals surface area contributed by atoms with Gasteiger partial charge in [-0.15, -0.1) is 0 Å². The summed E-state index contributed by atoms with van der Waals surface area (Å²) in [5, 5.41) is 2.65. The van der Waals surface area contributed by atoms with Crippen molar-refractivity contribution < 1.29 is 27.4 Å². The van der Waals surface area contributed by atoms with E-state index < -0.39 is 20.9 Å². The minimum atomic E-state index is -4.66. The molecular weight excluding hydrogens is 296 g/mol. The molecule has 1 heterocycles. The van der Waals surface area contributed by atoms with Crippen molar-refractivity contribution in [1.29, 1.82) is 0 Å². The van der Waals surface area contributed by atoms with Crippen LogP contribution in [0, 0.1) is 0 Å². The molecule has 0 bridgehead atoms. The van der Waals surface area contributed by atoms with Crippen LogP contribution in [0.3, 0.4) is 0 Å². The molecule has 1 aliphatic rings. The summed E-state index contributed by atoms with van der Waals surface area (Å²) in [5.41, 5.74) is -0.107. The Hall–Kier alpha value is -1.48. The topological polar surface area (TPSA) is 100.0 Å². The van der Waals surface area contributed by atoms with Crippen molar-refractivity contribution in [3.63, 3.8) is 0 Å². The molecule has 1 aromatic carbocycles. The quantitative estimate of drug-likeness (QED) is 0.627. The predicted molar refractivity (Wildman–Crippen MR) is 73.1 cm³/mol. The fraction of sp³-hybridized carbons (Fsp3) is 0.462. The number of nitrogens with one attached hydrogen (secondary N) is 2. The van der Waals surface area contributed by atoms with Gasteiger partial charge in [0.15, 0.2) is 0 Å². The van der Waals surface area contributed by atoms with Gasteiger partial charge in [-0.2, -0.15) is 0 Å². The standard InChI is InChI=1S/C13H18N2O5S/c16-13(14-5-6-15-7-9-20-10-8-15)11-3-1-2-4-12(11)21(17,18)19/h1-4H,5-10H2,(H,14,16)(H,17,18,19). The summed E-state index contributed by atoms with van der Waals surface area (Å²) in [6.45, 7) is 4.35. The molecule has 21 heavy (non-hydrogen) atoms. The molecule has 1 aliphatic heterocycles. The molecule has 2 rings (SSSR count). The van der Waals surface area contributed by atoms with Crippen molar-refractivity contribution in [3.8, 4) is 0 Å². The zero-order chi connectivity index (χ0) is 15.3. The van der Waals surface area contributed by atoms with Gasteiger partial charge in [0, 0.05) is 0 Å². The van der Waals surface area contributed by atoms with Gasteiger partial charge in [-0.25, -0.2) is 8.42 Å². The average Bonchev–Trinajstić information content (AvgIpc) is 2.47. The average molecular weight is 314 g/mol. The Morgan fingerprint density at radius 1 is 1.29 bits per heavy atom. The van der Waals surface area contributed by atoms with Crippen LogP contribution in [0.2, 0.25) is 0 Å². The molecule has 1 saturated heterocycles. The first-order valence-electron chi connectivity index (χ1n) is 6.73. The summed E-state index contributed by atoms with van der Waals surface area (Å²) in [6, 6.07) is 5.42. The third-order valence-corrected chi connectivity index (χ3v) is 4.26. The SMILES string of the molecule is O=C(NCC[NH+]1CCOCC1)c1ccccc1S(=O)(=O)[O-]. The summed E-state index contributed by atoms with van der Waals surface area (Å²) in [7, 11) is -4.66. The zero-order valence-electron chi connectivity index (χ0n) is 11.5. The molecule has 2 N–H and O–H groups in total.